The smallest absolute Gasteiger partial charge is 0.275 e. The second kappa shape index (κ2) is 2.73. The fourth-order valence-corrected chi connectivity index (χ4v) is 1.37. The highest BCUT2D eigenvalue weighted by atomic mass is 16.1. The Morgan fingerprint density at radius 1 is 1.46 bits per heavy atom. The third-order valence-corrected chi connectivity index (χ3v) is 2.01. The van der Waals surface area contributed by atoms with Crippen molar-refractivity contribution in [1.29, 1.82) is 0 Å². The molecule has 4 heteroatoms. The fourth-order valence-electron chi connectivity index (χ4n) is 1.37. The molecule has 0 aliphatic rings. The van der Waals surface area contributed by atoms with E-state index in [0.717, 1.165) is 23.5 Å². The van der Waals surface area contributed by atoms with E-state index in [-0.39, 0.29) is 5.56 Å². The van der Waals surface area contributed by atoms with Crippen LogP contribution in [0, 0.1) is 6.92 Å². The van der Waals surface area contributed by atoms with E-state index in [1.165, 1.54) is 0 Å². The molecule has 0 fully saturated rings. The van der Waals surface area contributed by atoms with Crippen LogP contribution in [-0.4, -0.2) is 15.0 Å². The van der Waals surface area contributed by atoms with Gasteiger partial charge in [0.15, 0.2) is 0 Å². The Bertz CT molecular complexity index is 495. The first-order chi connectivity index (χ1) is 6.20. The van der Waals surface area contributed by atoms with Crippen LogP contribution in [0.1, 0.15) is 18.4 Å². The summed E-state index contributed by atoms with van der Waals surface area (Å²) in [4.78, 5) is 21.4. The second-order valence-electron chi connectivity index (χ2n) is 3.08. The van der Waals surface area contributed by atoms with E-state index in [1.54, 1.807) is 0 Å². The number of hydrogen-bond donors (Lipinski definition) is 2. The van der Waals surface area contributed by atoms with Crippen LogP contribution < -0.4 is 5.56 Å². The quantitative estimate of drug-likeness (QED) is 0.685. The highest BCUT2D eigenvalue weighted by Gasteiger charge is 2.04. The van der Waals surface area contributed by atoms with Crippen LogP contribution in [0.25, 0.3) is 11.0 Å². The van der Waals surface area contributed by atoms with E-state index < -0.39 is 0 Å². The van der Waals surface area contributed by atoms with E-state index >= 15 is 0 Å². The average Bonchev–Trinajstić information content (AvgIpc) is 2.46. The van der Waals surface area contributed by atoms with Crippen molar-refractivity contribution >= 4 is 11.0 Å². The summed E-state index contributed by atoms with van der Waals surface area (Å²) in [7, 11) is 0. The maximum absolute atomic E-state index is 11.4. The van der Waals surface area contributed by atoms with Gasteiger partial charge in [0.2, 0.25) is 0 Å². The number of aromatic amines is 2. The molecule has 13 heavy (non-hydrogen) atoms. The Kier molecular flexibility index (Phi) is 1.69. The van der Waals surface area contributed by atoms with E-state index in [4.69, 9.17) is 0 Å². The molecule has 2 heterocycles. The summed E-state index contributed by atoms with van der Waals surface area (Å²) >= 11 is 0. The van der Waals surface area contributed by atoms with Crippen molar-refractivity contribution < 1.29 is 0 Å². The predicted molar refractivity (Wildman–Crippen MR) is 50.8 cm³/mol. The van der Waals surface area contributed by atoms with E-state index in [0.29, 0.717) is 5.52 Å². The summed E-state index contributed by atoms with van der Waals surface area (Å²) in [5, 5.41) is 0. The highest BCUT2D eigenvalue weighted by molar-refractivity contribution is 5.74. The zero-order chi connectivity index (χ0) is 9.42. The van der Waals surface area contributed by atoms with Gasteiger partial charge in [-0.1, -0.05) is 6.92 Å². The van der Waals surface area contributed by atoms with Crippen LogP contribution in [0.5, 0.6) is 0 Å². The van der Waals surface area contributed by atoms with Crippen LogP contribution in [0.4, 0.5) is 0 Å². The van der Waals surface area contributed by atoms with Gasteiger partial charge in [0.25, 0.3) is 5.56 Å². The molecule has 0 unspecified atom stereocenters. The summed E-state index contributed by atoms with van der Waals surface area (Å²) in [5.74, 6) is 0.733. The molecule has 0 aromatic carbocycles. The first-order valence-electron chi connectivity index (χ1n) is 4.29. The standard InChI is InChI=1S/C9H11N3O/c1-3-7-11-6-4-5(2)10-8(6)9(13)12-7/h4,10H,3H2,1-2H3,(H,11,12,13). The first kappa shape index (κ1) is 8.04. The van der Waals surface area contributed by atoms with E-state index in [1.807, 2.05) is 19.9 Å². The molecule has 0 aliphatic carbocycles. The van der Waals surface area contributed by atoms with Crippen molar-refractivity contribution in [3.63, 3.8) is 0 Å². The normalized spacial score (nSPS) is 10.9. The summed E-state index contributed by atoms with van der Waals surface area (Å²) in [5.41, 5.74) is 2.18. The lowest BCUT2D eigenvalue weighted by Crippen LogP contribution is -2.10. The van der Waals surface area contributed by atoms with Gasteiger partial charge in [-0.2, -0.15) is 0 Å². The molecule has 0 amide bonds. The predicted octanol–water partition coefficient (Wildman–Crippen LogP) is 1.12. The van der Waals surface area contributed by atoms with Gasteiger partial charge in [-0.05, 0) is 13.0 Å². The lowest BCUT2D eigenvalue weighted by Gasteiger charge is -1.94. The van der Waals surface area contributed by atoms with Crippen LogP contribution in [0.2, 0.25) is 0 Å². The van der Waals surface area contributed by atoms with Crippen LogP contribution >= 0.6 is 0 Å². The second-order valence-corrected chi connectivity index (χ2v) is 3.08. The number of fused-ring (bicyclic) bond motifs is 1. The zero-order valence-corrected chi connectivity index (χ0v) is 7.64. The molecule has 2 aromatic heterocycles. The Morgan fingerprint density at radius 2 is 2.23 bits per heavy atom. The molecule has 0 saturated carbocycles. The number of nitrogens with one attached hydrogen (secondary N) is 2. The monoisotopic (exact) mass is 177 g/mol. The van der Waals surface area contributed by atoms with Gasteiger partial charge in [-0.15, -0.1) is 0 Å². The molecule has 0 atom stereocenters. The maximum Gasteiger partial charge on any atom is 0.275 e. The van der Waals surface area contributed by atoms with Gasteiger partial charge in [0, 0.05) is 12.1 Å². The molecule has 2 aromatic rings. The fraction of sp³-hybridized carbons (Fsp3) is 0.333. The van der Waals surface area contributed by atoms with Crippen molar-refractivity contribution in [1.82, 2.24) is 15.0 Å². The van der Waals surface area contributed by atoms with Crippen molar-refractivity contribution in [2.45, 2.75) is 20.3 Å². The van der Waals surface area contributed by atoms with Crippen molar-refractivity contribution in [2.24, 2.45) is 0 Å². The molecular formula is C9H11N3O. The van der Waals surface area contributed by atoms with Crippen LogP contribution in [0.15, 0.2) is 10.9 Å². The highest BCUT2D eigenvalue weighted by Crippen LogP contribution is 2.07. The van der Waals surface area contributed by atoms with Gasteiger partial charge in [0.1, 0.15) is 11.3 Å². The van der Waals surface area contributed by atoms with Crippen molar-refractivity contribution in [2.75, 3.05) is 0 Å². The number of aromatic nitrogens is 3. The van der Waals surface area contributed by atoms with Gasteiger partial charge in [-0.3, -0.25) is 4.79 Å². The Labute approximate surface area is 75.0 Å². The van der Waals surface area contributed by atoms with E-state index in [9.17, 15) is 4.79 Å². The molecule has 68 valence electrons. The molecule has 0 spiro atoms. The lowest BCUT2D eigenvalue weighted by atomic mass is 10.4. The van der Waals surface area contributed by atoms with E-state index in [2.05, 4.69) is 15.0 Å². The zero-order valence-electron chi connectivity index (χ0n) is 7.64. The molecule has 2 rings (SSSR count). The molecule has 0 radical (unpaired) electrons. The Hall–Kier alpha value is -1.58. The van der Waals surface area contributed by atoms with Crippen molar-refractivity contribution in [3.8, 4) is 0 Å². The summed E-state index contributed by atoms with van der Waals surface area (Å²) in [6.45, 7) is 3.87. The Balaban J connectivity index is 2.83. The topological polar surface area (TPSA) is 61.5 Å². The average molecular weight is 177 g/mol. The first-order valence-corrected chi connectivity index (χ1v) is 4.29. The van der Waals surface area contributed by atoms with Crippen molar-refractivity contribution in [3.05, 3.63) is 27.9 Å². The van der Waals surface area contributed by atoms with Gasteiger partial charge >= 0.3 is 0 Å². The summed E-state index contributed by atoms with van der Waals surface area (Å²) in [6, 6.07) is 1.88. The molecule has 2 N–H and O–H groups in total. The molecule has 0 bridgehead atoms. The number of aryl methyl sites for hydroxylation is 2. The van der Waals surface area contributed by atoms with Gasteiger partial charge in [-0.25, -0.2) is 4.98 Å². The minimum atomic E-state index is -0.0880. The molecule has 4 nitrogen and oxygen atoms in total. The molecule has 0 aliphatic heterocycles. The summed E-state index contributed by atoms with van der Waals surface area (Å²) < 4.78 is 0. The van der Waals surface area contributed by atoms with Crippen LogP contribution in [0.3, 0.4) is 0 Å². The largest absolute Gasteiger partial charge is 0.353 e. The lowest BCUT2D eigenvalue weighted by molar-refractivity contribution is 0.943. The maximum atomic E-state index is 11.4. The van der Waals surface area contributed by atoms with Gasteiger partial charge < -0.3 is 9.97 Å². The number of H-pyrrole nitrogens is 2. The number of hydrogen-bond acceptors (Lipinski definition) is 2. The van der Waals surface area contributed by atoms with Crippen LogP contribution in [-0.2, 0) is 6.42 Å². The minimum absolute atomic E-state index is 0.0880. The SMILES string of the molecule is CCc1nc2cc(C)[nH]c2c(=O)[nH]1. The number of rotatable bonds is 1. The minimum Gasteiger partial charge on any atom is -0.353 e. The van der Waals surface area contributed by atoms with Gasteiger partial charge in [0.05, 0.1) is 5.52 Å². The molecular weight excluding hydrogens is 166 g/mol. The Morgan fingerprint density at radius 3 is 2.92 bits per heavy atom. The molecule has 0 saturated heterocycles. The third kappa shape index (κ3) is 1.24. The number of nitrogens with zero attached hydrogens (tertiary/aromatic N) is 1. The third-order valence-electron chi connectivity index (χ3n) is 2.01. The summed E-state index contributed by atoms with van der Waals surface area (Å²) in [6.07, 6.45) is 0.745.